The van der Waals surface area contributed by atoms with E-state index in [-0.39, 0.29) is 13.1 Å². The number of carbonyl (C=O) groups is 1. The van der Waals surface area contributed by atoms with Gasteiger partial charge in [-0.1, -0.05) is 30.1 Å². The maximum absolute atomic E-state index is 8.96. The summed E-state index contributed by atoms with van der Waals surface area (Å²) in [5.74, 6) is 2.96. The number of halogens is 1. The van der Waals surface area contributed by atoms with Gasteiger partial charge in [0.1, 0.15) is 10.8 Å². The van der Waals surface area contributed by atoms with Crippen LogP contribution in [0.1, 0.15) is 23.4 Å². The number of primary amides is 1. The third-order valence-electron chi connectivity index (χ3n) is 4.23. The highest BCUT2D eigenvalue weighted by Gasteiger charge is 2.19. The van der Waals surface area contributed by atoms with Gasteiger partial charge in [-0.05, 0) is 29.9 Å². The summed E-state index contributed by atoms with van der Waals surface area (Å²) in [5.41, 5.74) is 8.37. The molecule has 3 heterocycles. The third-order valence-corrected chi connectivity index (χ3v) is 4.51. The molecule has 2 aromatic heterocycles. The van der Waals surface area contributed by atoms with E-state index in [0.717, 1.165) is 36.0 Å². The Labute approximate surface area is 164 Å². The van der Waals surface area contributed by atoms with Crippen molar-refractivity contribution in [2.45, 2.75) is 25.5 Å². The molecule has 6 nitrogen and oxygen atoms in total. The Morgan fingerprint density at radius 2 is 2.19 bits per heavy atom. The molecule has 0 bridgehead atoms. The van der Waals surface area contributed by atoms with Crippen LogP contribution in [0.5, 0.6) is 5.75 Å². The molecule has 0 aliphatic carbocycles. The molecule has 0 unspecified atom stereocenters. The number of methoxy groups -OCH3 is 1. The minimum Gasteiger partial charge on any atom is -0.495 e. The molecule has 0 spiro atoms. The maximum Gasteiger partial charge on any atom is 0.271 e. The van der Waals surface area contributed by atoms with E-state index < -0.39 is 0 Å². The van der Waals surface area contributed by atoms with Crippen LogP contribution in [0.15, 0.2) is 36.7 Å². The van der Waals surface area contributed by atoms with Crippen LogP contribution in [0.4, 0.5) is 0 Å². The Morgan fingerprint density at radius 1 is 1.41 bits per heavy atom. The summed E-state index contributed by atoms with van der Waals surface area (Å²) >= 11 is 6.00. The van der Waals surface area contributed by atoms with Crippen molar-refractivity contribution in [1.29, 1.82) is 5.26 Å². The van der Waals surface area contributed by atoms with E-state index in [1.54, 1.807) is 13.3 Å². The highest BCUT2D eigenvalue weighted by molar-refractivity contribution is 6.67. The second-order valence-corrected chi connectivity index (χ2v) is 6.41. The molecule has 0 fully saturated rings. The van der Waals surface area contributed by atoms with Gasteiger partial charge in [-0.3, -0.25) is 14.8 Å². The van der Waals surface area contributed by atoms with E-state index in [4.69, 9.17) is 26.4 Å². The van der Waals surface area contributed by atoms with Crippen LogP contribution >= 0.6 is 11.6 Å². The fourth-order valence-electron chi connectivity index (χ4n) is 2.83. The summed E-state index contributed by atoms with van der Waals surface area (Å²) in [4.78, 5) is 17.5. The van der Waals surface area contributed by atoms with E-state index >= 15 is 0 Å². The summed E-state index contributed by atoms with van der Waals surface area (Å²) in [6.07, 6.45) is 9.22. The molecule has 0 atom stereocenters. The Morgan fingerprint density at radius 3 is 2.74 bits per heavy atom. The van der Waals surface area contributed by atoms with Crippen molar-refractivity contribution in [2.24, 2.45) is 5.73 Å². The molecular formula is C19H20BClN4O2. The van der Waals surface area contributed by atoms with Gasteiger partial charge in [-0.25, -0.2) is 5.26 Å². The van der Waals surface area contributed by atoms with E-state index in [9.17, 15) is 0 Å². The van der Waals surface area contributed by atoms with Gasteiger partial charge in [0.05, 0.1) is 12.8 Å². The van der Waals surface area contributed by atoms with Crippen LogP contribution in [0.3, 0.4) is 0 Å². The van der Waals surface area contributed by atoms with Crippen LogP contribution in [-0.4, -0.2) is 30.2 Å². The topological polar surface area (TPSA) is 102 Å². The third kappa shape index (κ3) is 5.83. The van der Waals surface area contributed by atoms with E-state index in [0.29, 0.717) is 17.2 Å². The Kier molecular flexibility index (Phi) is 7.84. The minimum atomic E-state index is 0.152. The molecule has 1 amide bonds. The highest BCUT2D eigenvalue weighted by atomic mass is 35.5. The lowest BCUT2D eigenvalue weighted by molar-refractivity contribution is -0.106. The predicted molar refractivity (Wildman–Crippen MR) is 107 cm³/mol. The maximum atomic E-state index is 8.96. The molecule has 27 heavy (non-hydrogen) atoms. The van der Waals surface area contributed by atoms with Crippen molar-refractivity contribution < 1.29 is 9.53 Å². The lowest BCUT2D eigenvalue weighted by Gasteiger charge is -2.14. The number of allylic oxidation sites excluding steroid dienone is 2. The fraction of sp³-hybridized carbons (Fsp3) is 0.263. The van der Waals surface area contributed by atoms with Crippen molar-refractivity contribution >= 4 is 30.3 Å². The number of amides is 1. The quantitative estimate of drug-likeness (QED) is 0.646. The number of aromatic nitrogens is 2. The zero-order valence-electron chi connectivity index (χ0n) is 15.1. The van der Waals surface area contributed by atoms with Gasteiger partial charge in [0.2, 0.25) is 6.41 Å². The first kappa shape index (κ1) is 20.5. The minimum absolute atomic E-state index is 0.152. The predicted octanol–water partition coefficient (Wildman–Crippen LogP) is 3.18. The number of nitriles is 1. The summed E-state index contributed by atoms with van der Waals surface area (Å²) in [5, 5.41) is 9.47. The first-order valence-corrected chi connectivity index (χ1v) is 8.86. The molecular weight excluding hydrogens is 363 g/mol. The molecule has 0 radical (unpaired) electrons. The SMILES string of the molecule is COc1cc(Cc2ccc(C3=CCB(C#N)CC3)nc2)ncc1Cl.NC=O. The zero-order chi connectivity index (χ0) is 19.6. The zero-order valence-corrected chi connectivity index (χ0v) is 15.8. The Bertz CT molecular complexity index is 850. The summed E-state index contributed by atoms with van der Waals surface area (Å²) < 4.78 is 5.22. The van der Waals surface area contributed by atoms with Crippen molar-refractivity contribution in [1.82, 2.24) is 9.97 Å². The second-order valence-electron chi connectivity index (χ2n) is 6.00. The largest absolute Gasteiger partial charge is 0.495 e. The van der Waals surface area contributed by atoms with Crippen molar-refractivity contribution in [3.63, 3.8) is 0 Å². The second kappa shape index (κ2) is 10.3. The Hall–Kier alpha value is -2.85. The van der Waals surface area contributed by atoms with Gasteiger partial charge in [-0.15, -0.1) is 0 Å². The van der Waals surface area contributed by atoms with Crippen LogP contribution < -0.4 is 10.5 Å². The average Bonchev–Trinajstić information content (AvgIpc) is 2.71. The highest BCUT2D eigenvalue weighted by Crippen LogP contribution is 2.27. The van der Waals surface area contributed by atoms with E-state index in [1.165, 1.54) is 5.57 Å². The molecule has 2 aromatic rings. The van der Waals surface area contributed by atoms with Gasteiger partial charge in [0.25, 0.3) is 6.71 Å². The normalized spacial score (nSPS) is 12.9. The Balaban J connectivity index is 0.000000817. The number of hydrogen-bond acceptors (Lipinski definition) is 5. The molecule has 0 saturated heterocycles. The van der Waals surface area contributed by atoms with Gasteiger partial charge in [0, 0.05) is 36.5 Å². The smallest absolute Gasteiger partial charge is 0.271 e. The lowest BCUT2D eigenvalue weighted by Crippen LogP contribution is -2.12. The molecule has 0 saturated carbocycles. The fourth-order valence-corrected chi connectivity index (χ4v) is 3.01. The van der Waals surface area contributed by atoms with Gasteiger partial charge in [-0.2, -0.15) is 0 Å². The number of ether oxygens (including phenoxy) is 1. The molecule has 2 N–H and O–H groups in total. The molecule has 138 valence electrons. The first-order valence-electron chi connectivity index (χ1n) is 8.49. The van der Waals surface area contributed by atoms with E-state index in [1.807, 2.05) is 18.3 Å². The van der Waals surface area contributed by atoms with Crippen LogP contribution in [0, 0.1) is 11.2 Å². The monoisotopic (exact) mass is 382 g/mol. The molecule has 3 rings (SSSR count). The van der Waals surface area contributed by atoms with Gasteiger partial charge >= 0.3 is 0 Å². The van der Waals surface area contributed by atoms with Crippen molar-refractivity contribution in [3.8, 4) is 11.7 Å². The van der Waals surface area contributed by atoms with Crippen molar-refractivity contribution in [3.05, 3.63) is 58.6 Å². The summed E-state index contributed by atoms with van der Waals surface area (Å²) in [7, 11) is 1.59. The number of nitrogens with zero attached hydrogens (tertiary/aromatic N) is 3. The van der Waals surface area contributed by atoms with Crippen LogP contribution in [0.2, 0.25) is 17.7 Å². The molecule has 8 heteroatoms. The van der Waals surface area contributed by atoms with Gasteiger partial charge < -0.3 is 10.5 Å². The average molecular weight is 383 g/mol. The summed E-state index contributed by atoms with van der Waals surface area (Å²) in [6.45, 7) is 0.152. The number of nitrogens with two attached hydrogens (primary N) is 1. The standard InChI is InChI=1S/C18H17BClN3O.CH3NO/c1-24-18-9-15(22-11-16(18)20)8-13-2-3-17(23-10-13)14-4-6-19(12-21)7-5-14;2-1-3/h2-4,9-11H,5-8H2,1H3;1H,(H2,2,3). The van der Waals surface area contributed by atoms with Crippen LogP contribution in [-0.2, 0) is 11.2 Å². The van der Waals surface area contributed by atoms with Gasteiger partial charge in [0.15, 0.2) is 0 Å². The van der Waals surface area contributed by atoms with Crippen molar-refractivity contribution in [2.75, 3.05) is 7.11 Å². The number of hydrogen-bond donors (Lipinski definition) is 1. The molecule has 1 aliphatic heterocycles. The first-order chi connectivity index (χ1) is 13.1. The lowest BCUT2D eigenvalue weighted by atomic mass is 9.44. The number of pyridine rings is 2. The number of carbonyl (C=O) groups excluding carboxylic acids is 1. The van der Waals surface area contributed by atoms with E-state index in [2.05, 4.69) is 33.8 Å². The van der Waals surface area contributed by atoms with Crippen LogP contribution in [0.25, 0.3) is 5.57 Å². The summed E-state index contributed by atoms with van der Waals surface area (Å²) in [6, 6.07) is 5.96. The molecule has 0 aromatic carbocycles. The molecule has 1 aliphatic rings. The number of rotatable bonds is 4.